The number of rotatable bonds is 2. The number of anilines is 1. The van der Waals surface area contributed by atoms with E-state index < -0.39 is 0 Å². The molecule has 23 heavy (non-hydrogen) atoms. The van der Waals surface area contributed by atoms with E-state index in [9.17, 15) is 4.39 Å². The van der Waals surface area contributed by atoms with Crippen molar-refractivity contribution in [3.63, 3.8) is 0 Å². The SMILES string of the molecule is Fc1ccc(N2CC3(CC3)C2)cc1-n1cc2cc(Br)cnc2n1. The lowest BCUT2D eigenvalue weighted by Crippen LogP contribution is -2.48. The molecular formula is C17H14BrFN4. The molecular weight excluding hydrogens is 359 g/mol. The van der Waals surface area contributed by atoms with Crippen LogP contribution in [-0.2, 0) is 0 Å². The van der Waals surface area contributed by atoms with Gasteiger partial charge in [0.2, 0.25) is 0 Å². The van der Waals surface area contributed by atoms with E-state index in [0.717, 1.165) is 28.6 Å². The van der Waals surface area contributed by atoms with Crippen molar-refractivity contribution in [1.82, 2.24) is 14.8 Å². The topological polar surface area (TPSA) is 34.0 Å². The number of aromatic nitrogens is 3. The first-order valence-corrected chi connectivity index (χ1v) is 8.47. The van der Waals surface area contributed by atoms with Gasteiger partial charge in [0.05, 0.1) is 0 Å². The Hall–Kier alpha value is -1.95. The Balaban J connectivity index is 1.55. The fourth-order valence-corrected chi connectivity index (χ4v) is 3.67. The second-order valence-corrected chi connectivity index (χ2v) is 7.55. The molecule has 2 aliphatic rings. The standard InChI is InChI=1S/C17H14BrFN4/c18-12-5-11-8-23(21-16(11)20-7-12)15-6-13(1-2-14(15)19)22-9-17(10-22)3-4-17/h1-2,5-8H,3-4,9-10H2. The molecule has 2 fully saturated rings. The third-order valence-electron chi connectivity index (χ3n) is 4.88. The summed E-state index contributed by atoms with van der Waals surface area (Å²) in [4.78, 5) is 6.57. The van der Waals surface area contributed by atoms with E-state index in [2.05, 4.69) is 30.9 Å². The second-order valence-electron chi connectivity index (χ2n) is 6.63. The van der Waals surface area contributed by atoms with Crippen molar-refractivity contribution in [2.75, 3.05) is 18.0 Å². The normalized spacial score (nSPS) is 18.4. The van der Waals surface area contributed by atoms with Gasteiger partial charge in [0.1, 0.15) is 11.5 Å². The number of hydrogen-bond donors (Lipinski definition) is 0. The third-order valence-corrected chi connectivity index (χ3v) is 5.31. The van der Waals surface area contributed by atoms with Gasteiger partial charge in [0.15, 0.2) is 5.65 Å². The molecule has 1 aliphatic heterocycles. The van der Waals surface area contributed by atoms with Gasteiger partial charge in [-0.05, 0) is 53.0 Å². The Bertz CT molecular complexity index is 923. The maximum Gasteiger partial charge on any atom is 0.181 e. The Morgan fingerprint density at radius 3 is 2.78 bits per heavy atom. The first-order valence-electron chi connectivity index (χ1n) is 7.68. The average molecular weight is 373 g/mol. The van der Waals surface area contributed by atoms with Crippen LogP contribution in [0.5, 0.6) is 0 Å². The van der Waals surface area contributed by atoms with Crippen molar-refractivity contribution in [1.29, 1.82) is 0 Å². The lowest BCUT2D eigenvalue weighted by Gasteiger charge is -2.42. The molecule has 1 spiro atoms. The lowest BCUT2D eigenvalue weighted by atomic mass is 9.96. The monoisotopic (exact) mass is 372 g/mol. The van der Waals surface area contributed by atoms with Crippen molar-refractivity contribution in [2.24, 2.45) is 5.41 Å². The molecule has 5 rings (SSSR count). The van der Waals surface area contributed by atoms with Gasteiger partial charge in [-0.1, -0.05) is 0 Å². The Kier molecular flexibility index (Phi) is 2.66. The molecule has 3 heterocycles. The van der Waals surface area contributed by atoms with Gasteiger partial charge in [-0.15, -0.1) is 5.10 Å². The first kappa shape index (κ1) is 13.5. The summed E-state index contributed by atoms with van der Waals surface area (Å²) >= 11 is 3.40. The second kappa shape index (κ2) is 4.54. The highest BCUT2D eigenvalue weighted by Gasteiger charge is 2.52. The van der Waals surface area contributed by atoms with Crippen LogP contribution < -0.4 is 4.90 Å². The summed E-state index contributed by atoms with van der Waals surface area (Å²) in [6.45, 7) is 2.18. The van der Waals surface area contributed by atoms with E-state index >= 15 is 0 Å². The molecule has 2 aromatic heterocycles. The highest BCUT2D eigenvalue weighted by atomic mass is 79.9. The first-order chi connectivity index (χ1) is 11.1. The van der Waals surface area contributed by atoms with Crippen LogP contribution in [0, 0.1) is 11.2 Å². The van der Waals surface area contributed by atoms with Crippen molar-refractivity contribution in [3.8, 4) is 5.69 Å². The zero-order valence-corrected chi connectivity index (χ0v) is 13.9. The highest BCUT2D eigenvalue weighted by Crippen LogP contribution is 2.53. The van der Waals surface area contributed by atoms with Crippen molar-refractivity contribution < 1.29 is 4.39 Å². The predicted octanol–water partition coefficient (Wildman–Crippen LogP) is 3.92. The van der Waals surface area contributed by atoms with Crippen molar-refractivity contribution >= 4 is 32.7 Å². The number of pyridine rings is 1. The largest absolute Gasteiger partial charge is 0.370 e. The fourth-order valence-electron chi connectivity index (χ4n) is 3.32. The third kappa shape index (κ3) is 2.16. The van der Waals surface area contributed by atoms with Crippen LogP contribution in [0.3, 0.4) is 0 Å². The molecule has 116 valence electrons. The van der Waals surface area contributed by atoms with Gasteiger partial charge in [-0.3, -0.25) is 0 Å². The van der Waals surface area contributed by atoms with E-state index in [0.29, 0.717) is 16.7 Å². The molecule has 4 nitrogen and oxygen atoms in total. The molecule has 1 aliphatic carbocycles. The van der Waals surface area contributed by atoms with E-state index in [1.165, 1.54) is 18.9 Å². The predicted molar refractivity (Wildman–Crippen MR) is 90.4 cm³/mol. The van der Waals surface area contributed by atoms with E-state index in [1.807, 2.05) is 24.4 Å². The van der Waals surface area contributed by atoms with Crippen LogP contribution in [0.25, 0.3) is 16.7 Å². The minimum atomic E-state index is -0.276. The highest BCUT2D eigenvalue weighted by molar-refractivity contribution is 9.10. The maximum absolute atomic E-state index is 14.3. The summed E-state index contributed by atoms with van der Waals surface area (Å²) in [5, 5.41) is 5.28. The number of nitrogens with zero attached hydrogens (tertiary/aromatic N) is 4. The Labute approximate surface area is 141 Å². The van der Waals surface area contributed by atoms with Crippen LogP contribution in [0.2, 0.25) is 0 Å². The molecule has 0 unspecified atom stereocenters. The number of benzene rings is 1. The number of halogens is 2. The number of hydrogen-bond acceptors (Lipinski definition) is 3. The zero-order chi connectivity index (χ0) is 15.6. The smallest absolute Gasteiger partial charge is 0.181 e. The van der Waals surface area contributed by atoms with Crippen molar-refractivity contribution in [2.45, 2.75) is 12.8 Å². The van der Waals surface area contributed by atoms with E-state index in [-0.39, 0.29) is 5.82 Å². The van der Waals surface area contributed by atoms with E-state index in [1.54, 1.807) is 10.9 Å². The zero-order valence-electron chi connectivity index (χ0n) is 12.3. The summed E-state index contributed by atoms with van der Waals surface area (Å²) in [5.74, 6) is -0.276. The van der Waals surface area contributed by atoms with Crippen LogP contribution >= 0.6 is 15.9 Å². The molecule has 0 N–H and O–H groups in total. The molecule has 0 amide bonds. The summed E-state index contributed by atoms with van der Waals surface area (Å²) in [6, 6.07) is 7.19. The molecule has 0 atom stereocenters. The van der Waals surface area contributed by atoms with Gasteiger partial charge in [-0.2, -0.15) is 0 Å². The fraction of sp³-hybridized carbons (Fsp3) is 0.294. The molecule has 1 aromatic carbocycles. The van der Waals surface area contributed by atoms with Gasteiger partial charge in [-0.25, -0.2) is 14.1 Å². The molecule has 6 heteroatoms. The Morgan fingerprint density at radius 2 is 2.00 bits per heavy atom. The Morgan fingerprint density at radius 1 is 1.17 bits per heavy atom. The maximum atomic E-state index is 14.3. The summed E-state index contributed by atoms with van der Waals surface area (Å²) in [7, 11) is 0. The van der Waals surface area contributed by atoms with Crippen molar-refractivity contribution in [3.05, 3.63) is 46.9 Å². The molecule has 1 saturated carbocycles. The van der Waals surface area contributed by atoms with Gasteiger partial charge >= 0.3 is 0 Å². The number of fused-ring (bicyclic) bond motifs is 1. The van der Waals surface area contributed by atoms with Gasteiger partial charge < -0.3 is 4.90 Å². The summed E-state index contributed by atoms with van der Waals surface area (Å²) in [6.07, 6.45) is 6.18. The minimum absolute atomic E-state index is 0.276. The molecule has 1 saturated heterocycles. The quantitative estimate of drug-likeness (QED) is 0.683. The van der Waals surface area contributed by atoms with Crippen LogP contribution in [0.4, 0.5) is 10.1 Å². The van der Waals surface area contributed by atoms with Crippen LogP contribution in [-0.4, -0.2) is 27.9 Å². The molecule has 0 bridgehead atoms. The summed E-state index contributed by atoms with van der Waals surface area (Å²) in [5.41, 5.74) is 2.71. The minimum Gasteiger partial charge on any atom is -0.370 e. The molecule has 0 radical (unpaired) electrons. The van der Waals surface area contributed by atoms with Crippen LogP contribution in [0.1, 0.15) is 12.8 Å². The van der Waals surface area contributed by atoms with Gasteiger partial charge in [0, 0.05) is 46.4 Å². The molecule has 3 aromatic rings. The van der Waals surface area contributed by atoms with Crippen LogP contribution in [0.15, 0.2) is 41.1 Å². The average Bonchev–Trinajstić information content (AvgIpc) is 3.20. The van der Waals surface area contributed by atoms with E-state index in [4.69, 9.17) is 0 Å². The lowest BCUT2D eigenvalue weighted by molar-refractivity contribution is 0.387. The van der Waals surface area contributed by atoms with Gasteiger partial charge in [0.25, 0.3) is 0 Å². The summed E-state index contributed by atoms with van der Waals surface area (Å²) < 4.78 is 16.8.